The number of nitrogens with zero attached hydrogens (tertiary/aromatic N) is 4. The summed E-state index contributed by atoms with van der Waals surface area (Å²) in [5, 5.41) is 12.2. The maximum atomic E-state index is 5.17. The molecule has 0 fully saturated rings. The van der Waals surface area contributed by atoms with Crippen LogP contribution < -0.4 is 0 Å². The summed E-state index contributed by atoms with van der Waals surface area (Å²) < 4.78 is 2.48. The third-order valence-electron chi connectivity index (χ3n) is 10.7. The minimum atomic E-state index is -0.542. The van der Waals surface area contributed by atoms with E-state index in [9.17, 15) is 0 Å². The number of fused-ring (bicyclic) bond motifs is 12. The van der Waals surface area contributed by atoms with Crippen molar-refractivity contribution in [3.05, 3.63) is 192 Å². The van der Waals surface area contributed by atoms with Gasteiger partial charge in [-0.3, -0.25) is 0 Å². The molecule has 232 valence electrons. The number of hydrogen-bond acceptors (Lipinski definition) is 3. The molecule has 11 rings (SSSR count). The van der Waals surface area contributed by atoms with E-state index in [1.165, 1.54) is 60.9 Å². The van der Waals surface area contributed by atoms with Crippen LogP contribution in [-0.4, -0.2) is 19.7 Å². The fourth-order valence-corrected chi connectivity index (χ4v) is 8.74. The lowest BCUT2D eigenvalue weighted by Gasteiger charge is -2.39. The summed E-state index contributed by atoms with van der Waals surface area (Å²) in [6, 6.07) is 60.8. The Morgan fingerprint density at radius 1 is 0.420 bits per heavy atom. The molecule has 1 unspecified atom stereocenters. The van der Waals surface area contributed by atoms with Crippen LogP contribution in [-0.2, 0) is 5.41 Å². The van der Waals surface area contributed by atoms with Gasteiger partial charge in [-0.05, 0) is 51.6 Å². The van der Waals surface area contributed by atoms with Gasteiger partial charge in [0.15, 0.2) is 5.82 Å². The van der Waals surface area contributed by atoms with E-state index in [4.69, 9.17) is 15.2 Å². The topological polar surface area (TPSA) is 43.6 Å². The molecular weight excluding hydrogens is 609 g/mol. The normalized spacial score (nSPS) is 15.3. The van der Waals surface area contributed by atoms with Crippen LogP contribution in [0.4, 0.5) is 0 Å². The summed E-state index contributed by atoms with van der Waals surface area (Å²) in [4.78, 5) is 5.17. The number of hydrogen-bond donors (Lipinski definition) is 0. The maximum absolute atomic E-state index is 5.17. The highest BCUT2D eigenvalue weighted by Gasteiger charge is 2.50. The standard InChI is InChI=1S/C46H28N4/c1-3-14-29(15-4-1)42-43(48-49-45(47-42)30-16-5-2-6-17-30)31-26-27-33-32-18-7-9-21-36(32)46(39(33)28-31)37-22-10-12-25-41(37)50-40-24-11-8-19-34(40)35-20-13-23-38(46)44(35)50/h1-28H. The lowest BCUT2D eigenvalue weighted by Crippen LogP contribution is -2.33. The second-order valence-electron chi connectivity index (χ2n) is 13.2. The summed E-state index contributed by atoms with van der Waals surface area (Å²) in [6.07, 6.45) is 0. The Balaban J connectivity index is 1.24. The molecule has 2 aliphatic rings. The van der Waals surface area contributed by atoms with Crippen molar-refractivity contribution in [3.8, 4) is 50.7 Å². The van der Waals surface area contributed by atoms with Crippen LogP contribution in [0.15, 0.2) is 170 Å². The lowest BCUT2D eigenvalue weighted by molar-refractivity contribution is 0.748. The minimum Gasteiger partial charge on any atom is -0.309 e. The zero-order chi connectivity index (χ0) is 32.8. The first-order chi connectivity index (χ1) is 24.8. The summed E-state index contributed by atoms with van der Waals surface area (Å²) in [6.45, 7) is 0. The smallest absolute Gasteiger partial charge is 0.182 e. The van der Waals surface area contributed by atoms with Gasteiger partial charge >= 0.3 is 0 Å². The van der Waals surface area contributed by atoms with E-state index in [2.05, 4.69) is 138 Å². The molecule has 0 bridgehead atoms. The molecule has 4 nitrogen and oxygen atoms in total. The predicted molar refractivity (Wildman–Crippen MR) is 201 cm³/mol. The Hall–Kier alpha value is -6.65. The van der Waals surface area contributed by atoms with Gasteiger partial charge in [-0.25, -0.2) is 4.98 Å². The number of benzene rings is 7. The molecule has 4 heteroatoms. The summed E-state index contributed by atoms with van der Waals surface area (Å²) >= 11 is 0. The summed E-state index contributed by atoms with van der Waals surface area (Å²) in [5.74, 6) is 0.610. The highest BCUT2D eigenvalue weighted by molar-refractivity contribution is 6.12. The van der Waals surface area contributed by atoms with Crippen LogP contribution in [0.3, 0.4) is 0 Å². The van der Waals surface area contributed by atoms with Gasteiger partial charge in [-0.2, -0.15) is 0 Å². The van der Waals surface area contributed by atoms with Gasteiger partial charge in [0.05, 0.1) is 22.1 Å². The van der Waals surface area contributed by atoms with Crippen LogP contribution in [0.1, 0.15) is 22.3 Å². The monoisotopic (exact) mass is 636 g/mol. The fraction of sp³-hybridized carbons (Fsp3) is 0.0217. The molecule has 1 aliphatic carbocycles. The molecule has 0 saturated carbocycles. The molecule has 7 aromatic carbocycles. The molecule has 1 aliphatic heterocycles. The molecule has 0 saturated heterocycles. The molecule has 2 aromatic heterocycles. The third kappa shape index (κ3) is 3.52. The Bertz CT molecular complexity index is 2820. The summed E-state index contributed by atoms with van der Waals surface area (Å²) in [7, 11) is 0. The van der Waals surface area contributed by atoms with E-state index < -0.39 is 5.41 Å². The van der Waals surface area contributed by atoms with E-state index in [0.29, 0.717) is 5.82 Å². The van der Waals surface area contributed by atoms with E-state index in [1.807, 2.05) is 36.4 Å². The van der Waals surface area contributed by atoms with Crippen molar-refractivity contribution in [2.45, 2.75) is 5.41 Å². The zero-order valence-corrected chi connectivity index (χ0v) is 27.0. The van der Waals surface area contributed by atoms with Crippen molar-refractivity contribution in [2.24, 2.45) is 0 Å². The first-order valence-corrected chi connectivity index (χ1v) is 17.1. The number of rotatable bonds is 3. The molecular formula is C46H28N4. The van der Waals surface area contributed by atoms with E-state index in [0.717, 1.165) is 28.1 Å². The Labute approximate surface area is 289 Å². The molecule has 1 spiro atoms. The third-order valence-corrected chi connectivity index (χ3v) is 10.7. The molecule has 50 heavy (non-hydrogen) atoms. The molecule has 9 aromatic rings. The van der Waals surface area contributed by atoms with E-state index in [1.54, 1.807) is 0 Å². The second kappa shape index (κ2) is 10.2. The molecule has 0 amide bonds. The molecule has 1 atom stereocenters. The van der Waals surface area contributed by atoms with Gasteiger partial charge in [0, 0.05) is 27.5 Å². The fourth-order valence-electron chi connectivity index (χ4n) is 8.74. The maximum Gasteiger partial charge on any atom is 0.182 e. The van der Waals surface area contributed by atoms with Crippen molar-refractivity contribution in [1.29, 1.82) is 0 Å². The van der Waals surface area contributed by atoms with Crippen molar-refractivity contribution in [1.82, 2.24) is 19.7 Å². The van der Waals surface area contributed by atoms with Crippen LogP contribution >= 0.6 is 0 Å². The number of aromatic nitrogens is 4. The largest absolute Gasteiger partial charge is 0.309 e. The Morgan fingerprint density at radius 3 is 1.94 bits per heavy atom. The van der Waals surface area contributed by atoms with Gasteiger partial charge in [0.25, 0.3) is 0 Å². The highest BCUT2D eigenvalue weighted by atomic mass is 15.2. The van der Waals surface area contributed by atoms with Crippen molar-refractivity contribution in [3.63, 3.8) is 0 Å². The van der Waals surface area contributed by atoms with Gasteiger partial charge in [-0.15, -0.1) is 10.2 Å². The van der Waals surface area contributed by atoms with Crippen molar-refractivity contribution in [2.75, 3.05) is 0 Å². The van der Waals surface area contributed by atoms with Crippen molar-refractivity contribution < 1.29 is 0 Å². The van der Waals surface area contributed by atoms with Crippen molar-refractivity contribution >= 4 is 21.8 Å². The minimum absolute atomic E-state index is 0.542. The number of para-hydroxylation sites is 3. The van der Waals surface area contributed by atoms with Gasteiger partial charge in [-0.1, -0.05) is 152 Å². The average molecular weight is 637 g/mol. The van der Waals surface area contributed by atoms with Gasteiger partial charge in [0.2, 0.25) is 0 Å². The van der Waals surface area contributed by atoms with Gasteiger partial charge < -0.3 is 4.57 Å². The second-order valence-corrected chi connectivity index (χ2v) is 13.2. The van der Waals surface area contributed by atoms with Crippen LogP contribution in [0.5, 0.6) is 0 Å². The Morgan fingerprint density at radius 2 is 1.08 bits per heavy atom. The SMILES string of the molecule is c1ccc(-c2nnc(-c3ccc4c(c3)C3(c5ccccc5-4)c4ccccc4-n4c5ccccc5c5cccc3c54)c(-c3ccccc3)n2)cc1. The quantitative estimate of drug-likeness (QED) is 0.194. The Kier molecular flexibility index (Phi) is 5.56. The van der Waals surface area contributed by atoms with Crippen LogP contribution in [0.2, 0.25) is 0 Å². The summed E-state index contributed by atoms with van der Waals surface area (Å²) in [5.41, 5.74) is 15.3. The van der Waals surface area contributed by atoms with E-state index >= 15 is 0 Å². The predicted octanol–water partition coefficient (Wildman–Crippen LogP) is 10.6. The molecule has 3 heterocycles. The average Bonchev–Trinajstić information content (AvgIpc) is 3.69. The molecule has 0 radical (unpaired) electrons. The van der Waals surface area contributed by atoms with Gasteiger partial charge in [0.1, 0.15) is 11.4 Å². The van der Waals surface area contributed by atoms with E-state index in [-0.39, 0.29) is 0 Å². The molecule has 0 N–H and O–H groups in total. The zero-order valence-electron chi connectivity index (χ0n) is 27.0. The van der Waals surface area contributed by atoms with Crippen LogP contribution in [0, 0.1) is 0 Å². The first-order valence-electron chi connectivity index (χ1n) is 17.1. The highest BCUT2D eigenvalue weighted by Crippen LogP contribution is 2.61. The van der Waals surface area contributed by atoms with Crippen LogP contribution in [0.25, 0.3) is 72.5 Å². The lowest BCUT2D eigenvalue weighted by atomic mass is 9.65. The first kappa shape index (κ1) is 27.3.